The third-order valence-electron chi connectivity index (χ3n) is 6.91. The molecule has 0 saturated carbocycles. The van der Waals surface area contributed by atoms with Crippen LogP contribution in [0.3, 0.4) is 0 Å². The van der Waals surface area contributed by atoms with E-state index < -0.39 is 120 Å². The molecule has 0 spiro atoms. The summed E-state index contributed by atoms with van der Waals surface area (Å²) in [7, 11) is 0. The third-order valence-corrected chi connectivity index (χ3v) is 6.91. The van der Waals surface area contributed by atoms with Crippen molar-refractivity contribution in [1.29, 1.82) is 0 Å². The lowest BCUT2D eigenvalue weighted by Gasteiger charge is -2.41. The summed E-state index contributed by atoms with van der Waals surface area (Å²) in [6.07, 6.45) is -15.8. The van der Waals surface area contributed by atoms with Gasteiger partial charge in [0.15, 0.2) is 13.2 Å². The molecule has 58 heavy (non-hydrogen) atoms. The molecule has 0 aliphatic heterocycles. The molecule has 1 rings (SSSR count). The number of hydrogen-bond donors (Lipinski definition) is 0. The number of ether oxygens (including phenoxy) is 2. The van der Waals surface area contributed by atoms with E-state index in [1.54, 1.807) is 0 Å². The van der Waals surface area contributed by atoms with Gasteiger partial charge in [-0.1, -0.05) is 0 Å². The van der Waals surface area contributed by atoms with Crippen molar-refractivity contribution in [3.05, 3.63) is 35.4 Å². The third kappa shape index (κ3) is 7.55. The highest BCUT2D eigenvalue weighted by Gasteiger charge is 2.95. The van der Waals surface area contributed by atoms with Gasteiger partial charge in [-0.05, 0) is 24.3 Å². The standard InChI is InChI=1S/C24H8F30O4/c25-11(26,13(29,30)15(33,34)17(37,38)19(41,42)21(45,46)23(49,50)51)5-57-9(55)7-1-2-8(4-3-7)10(56)58-6-12(27,28)14(31,32)16(35,36)18(39,40)20(43,44)22(47,48)24(52,53)54/h1-4H,5-6H2. The average molecular weight is 930 g/mol. The van der Waals surface area contributed by atoms with Crippen LogP contribution in [0.5, 0.6) is 0 Å². The zero-order valence-electron chi connectivity index (χ0n) is 25.7. The SMILES string of the molecule is O=C(OCC(F)(F)C(F)(F)C(F)(F)C(F)(F)C(F)(F)C(F)(F)C(F)(F)F)c1ccc(C(=O)OCC(F)(F)C(F)(F)C(F)(F)C(F)(F)C(F)(F)C(F)(F)C(F)(F)F)cc1. The second-order valence-corrected chi connectivity index (χ2v) is 10.9. The van der Waals surface area contributed by atoms with Crippen molar-refractivity contribution >= 4 is 11.9 Å². The Kier molecular flexibility index (Phi) is 12.9. The van der Waals surface area contributed by atoms with Gasteiger partial charge < -0.3 is 9.47 Å². The summed E-state index contributed by atoms with van der Waals surface area (Å²) >= 11 is 0. The van der Waals surface area contributed by atoms with Crippen LogP contribution in [0.15, 0.2) is 24.3 Å². The van der Waals surface area contributed by atoms with E-state index in [4.69, 9.17) is 0 Å². The van der Waals surface area contributed by atoms with Crippen molar-refractivity contribution in [2.45, 2.75) is 83.4 Å². The number of esters is 2. The number of halogens is 30. The summed E-state index contributed by atoms with van der Waals surface area (Å²) < 4.78 is 403. The molecular weight excluding hydrogens is 922 g/mol. The van der Waals surface area contributed by atoms with Crippen LogP contribution in [0, 0.1) is 0 Å². The average Bonchev–Trinajstić information content (AvgIpc) is 3.04. The van der Waals surface area contributed by atoms with Gasteiger partial charge in [0, 0.05) is 0 Å². The Hall–Kier alpha value is -3.94. The Morgan fingerprint density at radius 1 is 0.310 bits per heavy atom. The molecule has 0 aliphatic carbocycles. The van der Waals surface area contributed by atoms with E-state index in [1.807, 2.05) is 0 Å². The van der Waals surface area contributed by atoms with E-state index in [1.165, 1.54) is 0 Å². The Balaban J connectivity index is 3.24. The normalized spacial score (nSPS) is 15.7. The van der Waals surface area contributed by atoms with E-state index in [0.29, 0.717) is 0 Å². The molecule has 0 aromatic heterocycles. The smallest absolute Gasteiger partial charge is 0.455 e. The van der Waals surface area contributed by atoms with E-state index in [9.17, 15) is 141 Å². The molecule has 0 atom stereocenters. The van der Waals surface area contributed by atoms with Gasteiger partial charge >= 0.3 is 95.4 Å². The first-order valence-electron chi connectivity index (χ1n) is 13.1. The molecule has 1 aromatic rings. The molecule has 34 heteroatoms. The van der Waals surface area contributed by atoms with Gasteiger partial charge in [-0.25, -0.2) is 9.59 Å². The van der Waals surface area contributed by atoms with Crippen molar-refractivity contribution in [3.63, 3.8) is 0 Å². The van der Waals surface area contributed by atoms with Crippen LogP contribution in [0.25, 0.3) is 0 Å². The first-order valence-corrected chi connectivity index (χ1v) is 13.1. The predicted molar refractivity (Wildman–Crippen MR) is 118 cm³/mol. The fraction of sp³-hybridized carbons (Fsp3) is 0.667. The van der Waals surface area contributed by atoms with Crippen LogP contribution in [0.4, 0.5) is 132 Å². The molecular formula is C24H8F30O4. The van der Waals surface area contributed by atoms with E-state index in [0.717, 1.165) is 0 Å². The maximum atomic E-state index is 13.9. The molecule has 0 fully saturated rings. The Morgan fingerprint density at radius 3 is 0.672 bits per heavy atom. The first kappa shape index (κ1) is 52.1. The fourth-order valence-electron chi connectivity index (χ4n) is 3.40. The summed E-state index contributed by atoms with van der Waals surface area (Å²) in [4.78, 5) is 23.6. The minimum absolute atomic E-state index is 0.109. The van der Waals surface area contributed by atoms with Crippen LogP contribution in [0.1, 0.15) is 20.7 Å². The van der Waals surface area contributed by atoms with E-state index >= 15 is 0 Å². The minimum atomic E-state index is -8.71. The Morgan fingerprint density at radius 2 is 0.483 bits per heavy atom. The van der Waals surface area contributed by atoms with E-state index in [2.05, 4.69) is 9.47 Å². The zero-order valence-corrected chi connectivity index (χ0v) is 25.7. The van der Waals surface area contributed by atoms with Gasteiger partial charge in [-0.3, -0.25) is 0 Å². The zero-order chi connectivity index (χ0) is 47.0. The molecule has 0 radical (unpaired) electrons. The van der Waals surface area contributed by atoms with Gasteiger partial charge in [0.2, 0.25) is 0 Å². The number of rotatable bonds is 16. The summed E-state index contributed by atoms with van der Waals surface area (Å²) in [5.41, 5.74) is -3.00. The highest BCUT2D eigenvalue weighted by atomic mass is 19.4. The maximum absolute atomic E-state index is 13.9. The monoisotopic (exact) mass is 930 g/mol. The van der Waals surface area contributed by atoms with Crippen molar-refractivity contribution in [1.82, 2.24) is 0 Å². The molecule has 1 aromatic carbocycles. The molecule has 0 heterocycles. The highest BCUT2D eigenvalue weighted by molar-refractivity contribution is 5.93. The van der Waals surface area contributed by atoms with Crippen LogP contribution in [-0.2, 0) is 9.47 Å². The lowest BCUT2D eigenvalue weighted by Crippen LogP contribution is -2.73. The van der Waals surface area contributed by atoms with Crippen LogP contribution < -0.4 is 0 Å². The highest BCUT2D eigenvalue weighted by Crippen LogP contribution is 2.64. The van der Waals surface area contributed by atoms with E-state index in [-0.39, 0.29) is 24.3 Å². The van der Waals surface area contributed by atoms with Crippen LogP contribution >= 0.6 is 0 Å². The Bertz CT molecular complexity index is 1530. The molecule has 0 saturated heterocycles. The quantitative estimate of drug-likeness (QED) is 0.122. The number of alkyl halides is 30. The molecule has 0 N–H and O–H groups in total. The van der Waals surface area contributed by atoms with Gasteiger partial charge in [-0.2, -0.15) is 132 Å². The summed E-state index contributed by atoms with van der Waals surface area (Å²) in [6.45, 7) is -7.38. The molecule has 0 bridgehead atoms. The molecule has 0 unspecified atom stereocenters. The minimum Gasteiger partial charge on any atom is -0.455 e. The largest absolute Gasteiger partial charge is 0.460 e. The van der Waals surface area contributed by atoms with Gasteiger partial charge in [-0.15, -0.1) is 0 Å². The summed E-state index contributed by atoms with van der Waals surface area (Å²) in [6, 6.07) is -0.436. The van der Waals surface area contributed by atoms with Crippen molar-refractivity contribution < 1.29 is 151 Å². The summed E-state index contributed by atoms with van der Waals surface area (Å²) in [5, 5.41) is 0. The lowest BCUT2D eigenvalue weighted by molar-refractivity contribution is -0.453. The lowest BCUT2D eigenvalue weighted by atomic mass is 9.91. The fourth-order valence-corrected chi connectivity index (χ4v) is 3.40. The molecule has 0 aliphatic rings. The van der Waals surface area contributed by atoms with Crippen molar-refractivity contribution in [2.75, 3.05) is 13.2 Å². The number of hydrogen-bond acceptors (Lipinski definition) is 4. The second-order valence-electron chi connectivity index (χ2n) is 10.9. The molecule has 4 nitrogen and oxygen atoms in total. The molecule has 0 amide bonds. The van der Waals surface area contributed by atoms with Gasteiger partial charge in [0.1, 0.15) is 0 Å². The van der Waals surface area contributed by atoms with Crippen LogP contribution in [-0.4, -0.2) is 109 Å². The van der Waals surface area contributed by atoms with Crippen molar-refractivity contribution in [2.24, 2.45) is 0 Å². The van der Waals surface area contributed by atoms with Gasteiger partial charge in [0.05, 0.1) is 11.1 Å². The summed E-state index contributed by atoms with van der Waals surface area (Å²) in [5.74, 6) is -104. The second kappa shape index (κ2) is 14.4. The predicted octanol–water partition coefficient (Wildman–Crippen LogP) is 10.7. The Labute approximate surface area is 296 Å². The molecule has 338 valence electrons. The number of carbonyl (C=O) groups excluding carboxylic acids is 2. The first-order chi connectivity index (χ1) is 25.0. The number of benzene rings is 1. The van der Waals surface area contributed by atoms with Crippen molar-refractivity contribution in [3.8, 4) is 0 Å². The number of carbonyl (C=O) groups is 2. The van der Waals surface area contributed by atoms with Crippen LogP contribution in [0.2, 0.25) is 0 Å². The van der Waals surface area contributed by atoms with Gasteiger partial charge in [0.25, 0.3) is 0 Å². The topological polar surface area (TPSA) is 52.6 Å². The maximum Gasteiger partial charge on any atom is 0.460 e.